The standard InChI is InChI=1S/C10H12BrN3/c1-7-10(11)14-6-8(5-12-2)3-4-9(14)13-7/h3-4,6,12H,5H2,1-2H3. The Morgan fingerprint density at radius 1 is 1.50 bits per heavy atom. The largest absolute Gasteiger partial charge is 0.316 e. The third-order valence-electron chi connectivity index (χ3n) is 2.16. The van der Waals surface area contributed by atoms with Crippen molar-refractivity contribution in [2.75, 3.05) is 7.05 Å². The fraction of sp³-hybridized carbons (Fsp3) is 0.300. The van der Waals surface area contributed by atoms with Crippen LogP contribution in [0.15, 0.2) is 22.9 Å². The molecule has 14 heavy (non-hydrogen) atoms. The van der Waals surface area contributed by atoms with Crippen molar-refractivity contribution >= 4 is 21.6 Å². The van der Waals surface area contributed by atoms with Crippen LogP contribution >= 0.6 is 15.9 Å². The summed E-state index contributed by atoms with van der Waals surface area (Å²) in [6.07, 6.45) is 2.09. The van der Waals surface area contributed by atoms with E-state index < -0.39 is 0 Å². The van der Waals surface area contributed by atoms with E-state index in [9.17, 15) is 0 Å². The van der Waals surface area contributed by atoms with Crippen LogP contribution in [0, 0.1) is 6.92 Å². The number of halogens is 1. The molecule has 0 aliphatic carbocycles. The van der Waals surface area contributed by atoms with Crippen LogP contribution in [0.25, 0.3) is 5.65 Å². The lowest BCUT2D eigenvalue weighted by molar-refractivity contribution is 0.810. The first-order valence-corrected chi connectivity index (χ1v) is 5.29. The van der Waals surface area contributed by atoms with E-state index >= 15 is 0 Å². The molecule has 0 amide bonds. The van der Waals surface area contributed by atoms with Crippen LogP contribution in [0.5, 0.6) is 0 Å². The maximum absolute atomic E-state index is 4.41. The van der Waals surface area contributed by atoms with Crippen molar-refractivity contribution in [1.82, 2.24) is 14.7 Å². The number of imidazole rings is 1. The van der Waals surface area contributed by atoms with E-state index in [1.807, 2.05) is 20.0 Å². The first kappa shape index (κ1) is 9.68. The lowest BCUT2D eigenvalue weighted by Gasteiger charge is -2.01. The lowest BCUT2D eigenvalue weighted by atomic mass is 10.3. The number of aromatic nitrogens is 2. The Morgan fingerprint density at radius 3 is 3.00 bits per heavy atom. The number of hydrogen-bond donors (Lipinski definition) is 1. The van der Waals surface area contributed by atoms with Crippen LogP contribution in [-0.2, 0) is 6.54 Å². The summed E-state index contributed by atoms with van der Waals surface area (Å²) in [6.45, 7) is 2.87. The Hall–Kier alpha value is -0.870. The van der Waals surface area contributed by atoms with Crippen molar-refractivity contribution in [2.45, 2.75) is 13.5 Å². The maximum Gasteiger partial charge on any atom is 0.137 e. The predicted molar refractivity (Wildman–Crippen MR) is 60.4 cm³/mol. The fourth-order valence-electron chi connectivity index (χ4n) is 1.49. The number of rotatable bonds is 2. The average molecular weight is 254 g/mol. The summed E-state index contributed by atoms with van der Waals surface area (Å²) in [7, 11) is 1.94. The van der Waals surface area contributed by atoms with Crippen molar-refractivity contribution < 1.29 is 0 Å². The highest BCUT2D eigenvalue weighted by Gasteiger charge is 2.05. The number of nitrogens with one attached hydrogen (secondary N) is 1. The van der Waals surface area contributed by atoms with E-state index in [1.54, 1.807) is 0 Å². The second kappa shape index (κ2) is 3.71. The molecule has 2 heterocycles. The molecule has 0 unspecified atom stereocenters. The summed E-state index contributed by atoms with van der Waals surface area (Å²) >= 11 is 3.52. The zero-order chi connectivity index (χ0) is 10.1. The summed E-state index contributed by atoms with van der Waals surface area (Å²) < 4.78 is 3.09. The van der Waals surface area contributed by atoms with Gasteiger partial charge in [0.25, 0.3) is 0 Å². The minimum atomic E-state index is 0.875. The molecule has 0 bridgehead atoms. The van der Waals surface area contributed by atoms with Gasteiger partial charge in [-0.15, -0.1) is 0 Å². The van der Waals surface area contributed by atoms with Gasteiger partial charge < -0.3 is 5.32 Å². The van der Waals surface area contributed by atoms with Crippen molar-refractivity contribution in [2.24, 2.45) is 0 Å². The second-order valence-corrected chi connectivity index (χ2v) is 4.04. The van der Waals surface area contributed by atoms with Crippen LogP contribution in [0.2, 0.25) is 0 Å². The molecular weight excluding hydrogens is 242 g/mol. The SMILES string of the molecule is CNCc1ccc2nc(C)c(Br)n2c1. The molecule has 0 fully saturated rings. The molecule has 0 atom stereocenters. The Labute approximate surface area is 91.3 Å². The summed E-state index contributed by atoms with van der Waals surface area (Å²) in [5.74, 6) is 0. The fourth-order valence-corrected chi connectivity index (χ4v) is 1.86. The van der Waals surface area contributed by atoms with E-state index in [1.165, 1.54) is 5.56 Å². The number of nitrogens with zero attached hydrogens (tertiary/aromatic N) is 2. The molecule has 0 saturated heterocycles. The molecule has 0 aliphatic heterocycles. The minimum Gasteiger partial charge on any atom is -0.316 e. The highest BCUT2D eigenvalue weighted by atomic mass is 79.9. The Kier molecular flexibility index (Phi) is 2.56. The Morgan fingerprint density at radius 2 is 2.29 bits per heavy atom. The number of aryl methyl sites for hydroxylation is 1. The van der Waals surface area contributed by atoms with E-state index in [4.69, 9.17) is 0 Å². The molecule has 2 rings (SSSR count). The molecule has 2 aromatic rings. The van der Waals surface area contributed by atoms with Gasteiger partial charge in [-0.3, -0.25) is 4.40 Å². The van der Waals surface area contributed by atoms with Gasteiger partial charge in [-0.25, -0.2) is 4.98 Å². The van der Waals surface area contributed by atoms with Gasteiger partial charge in [-0.2, -0.15) is 0 Å². The van der Waals surface area contributed by atoms with Crippen LogP contribution in [0.1, 0.15) is 11.3 Å². The Balaban J connectivity index is 2.58. The van der Waals surface area contributed by atoms with E-state index in [2.05, 4.69) is 42.9 Å². The quantitative estimate of drug-likeness (QED) is 0.889. The van der Waals surface area contributed by atoms with Gasteiger partial charge in [-0.1, -0.05) is 6.07 Å². The van der Waals surface area contributed by atoms with E-state index in [-0.39, 0.29) is 0 Å². The molecule has 0 radical (unpaired) electrons. The highest BCUT2D eigenvalue weighted by Crippen LogP contribution is 2.18. The lowest BCUT2D eigenvalue weighted by Crippen LogP contribution is -2.05. The molecule has 0 spiro atoms. The van der Waals surface area contributed by atoms with Gasteiger partial charge in [0.15, 0.2) is 0 Å². The predicted octanol–water partition coefficient (Wildman–Crippen LogP) is 2.12. The number of fused-ring (bicyclic) bond motifs is 1. The zero-order valence-electron chi connectivity index (χ0n) is 8.21. The summed E-state index contributed by atoms with van der Waals surface area (Å²) in [4.78, 5) is 4.41. The van der Waals surface area contributed by atoms with Crippen molar-refractivity contribution in [3.05, 3.63) is 34.2 Å². The average Bonchev–Trinajstić information content (AvgIpc) is 2.45. The molecule has 4 heteroatoms. The van der Waals surface area contributed by atoms with Crippen LogP contribution < -0.4 is 5.32 Å². The molecule has 0 saturated carbocycles. The molecular formula is C10H12BrN3. The van der Waals surface area contributed by atoms with Crippen molar-refractivity contribution in [1.29, 1.82) is 0 Å². The number of hydrogen-bond acceptors (Lipinski definition) is 2. The highest BCUT2D eigenvalue weighted by molar-refractivity contribution is 9.10. The van der Waals surface area contributed by atoms with Gasteiger partial charge in [0, 0.05) is 12.7 Å². The third kappa shape index (κ3) is 1.55. The van der Waals surface area contributed by atoms with E-state index in [0.29, 0.717) is 0 Å². The molecule has 74 valence electrons. The smallest absolute Gasteiger partial charge is 0.137 e. The zero-order valence-corrected chi connectivity index (χ0v) is 9.80. The van der Waals surface area contributed by atoms with Gasteiger partial charge in [-0.05, 0) is 41.5 Å². The van der Waals surface area contributed by atoms with Crippen molar-refractivity contribution in [3.8, 4) is 0 Å². The van der Waals surface area contributed by atoms with Crippen LogP contribution in [0.4, 0.5) is 0 Å². The van der Waals surface area contributed by atoms with Gasteiger partial charge in [0.2, 0.25) is 0 Å². The van der Waals surface area contributed by atoms with Crippen LogP contribution in [-0.4, -0.2) is 16.4 Å². The van der Waals surface area contributed by atoms with Gasteiger partial charge in [0.1, 0.15) is 10.3 Å². The molecule has 0 aromatic carbocycles. The molecule has 1 N–H and O–H groups in total. The van der Waals surface area contributed by atoms with Gasteiger partial charge >= 0.3 is 0 Å². The maximum atomic E-state index is 4.41. The topological polar surface area (TPSA) is 29.3 Å². The Bertz CT molecular complexity index is 462. The minimum absolute atomic E-state index is 0.875. The number of pyridine rings is 1. The first-order chi connectivity index (χ1) is 6.72. The normalized spacial score (nSPS) is 11.1. The summed E-state index contributed by atoms with van der Waals surface area (Å²) in [6, 6.07) is 4.12. The molecule has 3 nitrogen and oxygen atoms in total. The van der Waals surface area contributed by atoms with Gasteiger partial charge in [0.05, 0.1) is 5.69 Å². The van der Waals surface area contributed by atoms with Crippen molar-refractivity contribution in [3.63, 3.8) is 0 Å². The first-order valence-electron chi connectivity index (χ1n) is 4.50. The van der Waals surface area contributed by atoms with E-state index in [0.717, 1.165) is 22.5 Å². The summed E-state index contributed by atoms with van der Waals surface area (Å²) in [5.41, 5.74) is 3.25. The third-order valence-corrected chi connectivity index (χ3v) is 3.12. The second-order valence-electron chi connectivity index (χ2n) is 3.28. The molecule has 0 aliphatic rings. The monoisotopic (exact) mass is 253 g/mol. The molecule has 2 aromatic heterocycles. The van der Waals surface area contributed by atoms with Crippen LogP contribution in [0.3, 0.4) is 0 Å². The summed E-state index contributed by atoms with van der Waals surface area (Å²) in [5, 5.41) is 3.13.